The molecule has 6 rings (SSSR count). The standard InChI is InChI=1S/C33H27N3O5/c1-21-7-6-10-27(17-21)36-33(41-22(2)37)31(32(35-36)25-13-16-28-29(19-25)40-20-39-28)24-11-14-26(15-12-24)34-30(38)18-23-8-4-3-5-9-23/h3-17,19H,18,20H2,1-2H3,(H,34,38). The maximum absolute atomic E-state index is 12.6. The van der Waals surface area contributed by atoms with Gasteiger partial charge in [-0.2, -0.15) is 9.78 Å². The number of nitrogens with one attached hydrogen (secondary N) is 1. The molecule has 1 aliphatic heterocycles. The zero-order valence-electron chi connectivity index (χ0n) is 22.6. The van der Waals surface area contributed by atoms with Crippen LogP contribution in [-0.2, 0) is 16.0 Å². The van der Waals surface area contributed by atoms with Gasteiger partial charge in [0.25, 0.3) is 0 Å². The Morgan fingerprint density at radius 2 is 1.63 bits per heavy atom. The summed E-state index contributed by atoms with van der Waals surface area (Å²) in [5, 5.41) is 7.89. The fourth-order valence-corrected chi connectivity index (χ4v) is 4.78. The third-order valence-electron chi connectivity index (χ3n) is 6.64. The lowest BCUT2D eigenvalue weighted by molar-refractivity contribution is -0.132. The molecule has 204 valence electrons. The highest BCUT2D eigenvalue weighted by atomic mass is 16.7. The Labute approximate surface area is 237 Å². The first-order chi connectivity index (χ1) is 19.9. The Kier molecular flexibility index (Phi) is 6.95. The molecular weight excluding hydrogens is 518 g/mol. The maximum Gasteiger partial charge on any atom is 0.309 e. The average Bonchev–Trinajstić information content (AvgIpc) is 3.58. The van der Waals surface area contributed by atoms with Gasteiger partial charge in [-0.05, 0) is 66.1 Å². The van der Waals surface area contributed by atoms with Crippen molar-refractivity contribution in [3.05, 3.63) is 108 Å². The van der Waals surface area contributed by atoms with Crippen molar-refractivity contribution in [3.8, 4) is 45.5 Å². The molecule has 5 aromatic rings. The highest BCUT2D eigenvalue weighted by molar-refractivity contribution is 5.93. The number of carbonyl (C=O) groups is 2. The van der Waals surface area contributed by atoms with Crippen LogP contribution in [-0.4, -0.2) is 28.4 Å². The Bertz CT molecular complexity index is 1740. The number of ether oxygens (including phenoxy) is 3. The Morgan fingerprint density at radius 3 is 2.39 bits per heavy atom. The Hall–Kier alpha value is -5.37. The van der Waals surface area contributed by atoms with Gasteiger partial charge in [-0.25, -0.2) is 0 Å². The monoisotopic (exact) mass is 545 g/mol. The molecule has 0 unspecified atom stereocenters. The van der Waals surface area contributed by atoms with E-state index in [0.29, 0.717) is 28.4 Å². The number of benzene rings is 4. The van der Waals surface area contributed by atoms with Crippen LogP contribution in [0.1, 0.15) is 18.1 Å². The summed E-state index contributed by atoms with van der Waals surface area (Å²) in [5.74, 6) is 0.977. The fraction of sp³-hybridized carbons (Fsp3) is 0.121. The Balaban J connectivity index is 1.42. The second kappa shape index (κ2) is 11.0. The van der Waals surface area contributed by atoms with Crippen molar-refractivity contribution in [2.75, 3.05) is 12.1 Å². The van der Waals surface area contributed by atoms with Crippen LogP contribution in [0.3, 0.4) is 0 Å². The summed E-state index contributed by atoms with van der Waals surface area (Å²) >= 11 is 0. The summed E-state index contributed by atoms with van der Waals surface area (Å²) in [5.41, 5.74) is 6.12. The third-order valence-corrected chi connectivity index (χ3v) is 6.64. The summed E-state index contributed by atoms with van der Waals surface area (Å²) in [6, 6.07) is 30.4. The van der Waals surface area contributed by atoms with E-state index < -0.39 is 5.97 Å². The number of nitrogens with zero attached hydrogens (tertiary/aromatic N) is 2. The number of fused-ring (bicyclic) bond motifs is 1. The van der Waals surface area contributed by atoms with E-state index in [1.165, 1.54) is 6.92 Å². The van der Waals surface area contributed by atoms with Crippen LogP contribution < -0.4 is 19.5 Å². The first-order valence-electron chi connectivity index (χ1n) is 13.2. The highest BCUT2D eigenvalue weighted by Gasteiger charge is 2.26. The van der Waals surface area contributed by atoms with Crippen LogP contribution in [0.15, 0.2) is 97.1 Å². The summed E-state index contributed by atoms with van der Waals surface area (Å²) < 4.78 is 18.6. The second-order valence-electron chi connectivity index (χ2n) is 9.73. The maximum atomic E-state index is 12.6. The van der Waals surface area contributed by atoms with Gasteiger partial charge in [-0.1, -0.05) is 54.6 Å². The van der Waals surface area contributed by atoms with Crippen LogP contribution in [0.25, 0.3) is 28.1 Å². The molecule has 8 heteroatoms. The number of carbonyl (C=O) groups excluding carboxylic acids is 2. The van der Waals surface area contributed by atoms with E-state index in [0.717, 1.165) is 27.9 Å². The van der Waals surface area contributed by atoms with E-state index in [-0.39, 0.29) is 25.0 Å². The number of aryl methyl sites for hydroxylation is 1. The number of hydrogen-bond acceptors (Lipinski definition) is 6. The molecule has 2 heterocycles. The number of esters is 1. The quantitative estimate of drug-likeness (QED) is 0.240. The van der Waals surface area contributed by atoms with Crippen LogP contribution in [0.5, 0.6) is 17.4 Å². The van der Waals surface area contributed by atoms with Gasteiger partial charge in [0, 0.05) is 18.2 Å². The van der Waals surface area contributed by atoms with E-state index in [1.54, 1.807) is 4.68 Å². The van der Waals surface area contributed by atoms with E-state index in [9.17, 15) is 9.59 Å². The third kappa shape index (κ3) is 5.53. The predicted octanol–water partition coefficient (Wildman–Crippen LogP) is 6.35. The zero-order valence-corrected chi connectivity index (χ0v) is 22.6. The SMILES string of the molecule is CC(=O)Oc1c(-c2ccc(NC(=O)Cc3ccccc3)cc2)c(-c2ccc3c(c2)OCO3)nn1-c1cccc(C)c1. The highest BCUT2D eigenvalue weighted by Crippen LogP contribution is 2.44. The predicted molar refractivity (Wildman–Crippen MR) is 155 cm³/mol. The van der Waals surface area contributed by atoms with Crippen molar-refractivity contribution in [3.63, 3.8) is 0 Å². The molecule has 1 amide bonds. The molecule has 0 fully saturated rings. The van der Waals surface area contributed by atoms with E-state index in [1.807, 2.05) is 104 Å². The molecule has 0 saturated carbocycles. The molecule has 0 atom stereocenters. The number of hydrogen-bond donors (Lipinski definition) is 1. The molecule has 0 radical (unpaired) electrons. The van der Waals surface area contributed by atoms with Crippen LogP contribution in [0, 0.1) is 6.92 Å². The first kappa shape index (κ1) is 25.9. The summed E-state index contributed by atoms with van der Waals surface area (Å²) in [6.45, 7) is 3.51. The molecule has 41 heavy (non-hydrogen) atoms. The minimum Gasteiger partial charge on any atom is -0.454 e. The Morgan fingerprint density at radius 1 is 0.878 bits per heavy atom. The first-order valence-corrected chi connectivity index (χ1v) is 13.2. The lowest BCUT2D eigenvalue weighted by Gasteiger charge is -2.11. The number of amides is 1. The van der Waals surface area contributed by atoms with Gasteiger partial charge >= 0.3 is 5.97 Å². The average molecular weight is 546 g/mol. The lowest BCUT2D eigenvalue weighted by Crippen LogP contribution is -2.14. The van der Waals surface area contributed by atoms with Gasteiger partial charge < -0.3 is 19.5 Å². The van der Waals surface area contributed by atoms with Gasteiger partial charge in [0.05, 0.1) is 17.7 Å². The molecule has 0 saturated heterocycles. The van der Waals surface area contributed by atoms with E-state index in [4.69, 9.17) is 19.3 Å². The van der Waals surface area contributed by atoms with Gasteiger partial charge in [0.1, 0.15) is 5.69 Å². The molecule has 0 bridgehead atoms. The summed E-state index contributed by atoms with van der Waals surface area (Å²) in [6.07, 6.45) is 0.275. The topological polar surface area (TPSA) is 91.7 Å². The summed E-state index contributed by atoms with van der Waals surface area (Å²) in [4.78, 5) is 25.0. The van der Waals surface area contributed by atoms with Crippen LogP contribution in [0.4, 0.5) is 5.69 Å². The molecule has 1 aliphatic rings. The minimum atomic E-state index is -0.470. The van der Waals surface area contributed by atoms with Gasteiger partial charge in [0.15, 0.2) is 11.5 Å². The second-order valence-corrected chi connectivity index (χ2v) is 9.73. The number of rotatable bonds is 7. The molecule has 0 spiro atoms. The van der Waals surface area contributed by atoms with Crippen molar-refractivity contribution in [1.82, 2.24) is 9.78 Å². The van der Waals surface area contributed by atoms with Crippen LogP contribution >= 0.6 is 0 Å². The van der Waals surface area contributed by atoms with Crippen molar-refractivity contribution in [2.45, 2.75) is 20.3 Å². The molecule has 8 nitrogen and oxygen atoms in total. The van der Waals surface area contributed by atoms with E-state index >= 15 is 0 Å². The van der Waals surface area contributed by atoms with E-state index in [2.05, 4.69) is 5.32 Å². The molecule has 4 aromatic carbocycles. The molecule has 1 N–H and O–H groups in total. The number of aromatic nitrogens is 2. The van der Waals surface area contributed by atoms with Crippen molar-refractivity contribution < 1.29 is 23.8 Å². The van der Waals surface area contributed by atoms with Crippen molar-refractivity contribution >= 4 is 17.6 Å². The largest absolute Gasteiger partial charge is 0.454 e. The normalized spacial score (nSPS) is 11.8. The van der Waals surface area contributed by atoms with Gasteiger partial charge in [-0.3, -0.25) is 9.59 Å². The zero-order chi connectivity index (χ0) is 28.3. The smallest absolute Gasteiger partial charge is 0.309 e. The summed E-state index contributed by atoms with van der Waals surface area (Å²) in [7, 11) is 0. The molecular formula is C33H27N3O5. The van der Waals surface area contributed by atoms with Crippen LogP contribution in [0.2, 0.25) is 0 Å². The van der Waals surface area contributed by atoms with Crippen molar-refractivity contribution in [2.24, 2.45) is 0 Å². The lowest BCUT2D eigenvalue weighted by atomic mass is 10.0. The molecule has 1 aromatic heterocycles. The van der Waals surface area contributed by atoms with Gasteiger partial charge in [0.2, 0.25) is 18.6 Å². The number of anilines is 1. The molecule has 0 aliphatic carbocycles. The van der Waals surface area contributed by atoms with Crippen molar-refractivity contribution in [1.29, 1.82) is 0 Å². The minimum absolute atomic E-state index is 0.113. The van der Waals surface area contributed by atoms with Gasteiger partial charge in [-0.15, -0.1) is 0 Å². The fourth-order valence-electron chi connectivity index (χ4n) is 4.78.